The smallest absolute Gasteiger partial charge is 0.126 e. The third-order valence-electron chi connectivity index (χ3n) is 5.60. The monoisotopic (exact) mass is 421 g/mol. The molecule has 1 aromatic heterocycles. The molecule has 2 atom stereocenters. The summed E-state index contributed by atoms with van der Waals surface area (Å²) >= 11 is 0. The van der Waals surface area contributed by atoms with Crippen molar-refractivity contribution in [1.29, 1.82) is 0 Å². The van der Waals surface area contributed by atoms with E-state index in [1.165, 1.54) is 21.7 Å². The molecule has 4 nitrogen and oxygen atoms in total. The summed E-state index contributed by atoms with van der Waals surface area (Å²) in [5.74, 6) is 0.562. The molecule has 166 valence electrons. The quantitative estimate of drug-likeness (QED) is 0.470. The van der Waals surface area contributed by atoms with Crippen LogP contribution in [0.3, 0.4) is 0 Å². The zero-order valence-electron chi connectivity index (χ0n) is 19.1. The summed E-state index contributed by atoms with van der Waals surface area (Å²) < 4.78 is 8.10. The molecule has 31 heavy (non-hydrogen) atoms. The number of aromatic nitrogens is 1. The number of quaternary nitrogens is 1. The average Bonchev–Trinajstić information content (AvgIpc) is 3.16. The lowest BCUT2D eigenvalue weighted by Gasteiger charge is -2.25. The first kappa shape index (κ1) is 23.3. The molecular formula is C27H37N2O2+. The van der Waals surface area contributed by atoms with Crippen molar-refractivity contribution in [3.8, 4) is 0 Å². The highest BCUT2D eigenvalue weighted by Crippen LogP contribution is 2.11. The Morgan fingerprint density at radius 3 is 2.42 bits per heavy atom. The number of hydrogen-bond acceptors (Lipinski definition) is 2. The molecule has 0 saturated heterocycles. The number of aliphatic hydroxyl groups is 1. The SMILES string of the molecule is Cc1ccccc1Cn1cccc1C[NH+](CC(C)C)C[C@H](O)COCc1ccccc1. The standard InChI is InChI=1S/C27H36N2O2/c1-22(2)16-28(19-27(30)21-31-20-24-11-5-4-6-12-24)18-26-14-9-15-29(26)17-25-13-8-7-10-23(25)3/h4-15,22,27,30H,16-21H2,1-3H3/p+1/t27-/m0/s1. The second kappa shape index (κ2) is 11.8. The lowest BCUT2D eigenvalue weighted by atomic mass is 10.1. The first-order valence-electron chi connectivity index (χ1n) is 11.3. The van der Waals surface area contributed by atoms with Gasteiger partial charge in [0.25, 0.3) is 0 Å². The van der Waals surface area contributed by atoms with Gasteiger partial charge in [-0.3, -0.25) is 0 Å². The third-order valence-corrected chi connectivity index (χ3v) is 5.60. The molecule has 0 radical (unpaired) electrons. The van der Waals surface area contributed by atoms with Crippen LogP contribution in [0.15, 0.2) is 72.9 Å². The normalized spacial score (nSPS) is 13.5. The lowest BCUT2D eigenvalue weighted by molar-refractivity contribution is -0.920. The Hall–Kier alpha value is -2.40. The Morgan fingerprint density at radius 2 is 1.68 bits per heavy atom. The van der Waals surface area contributed by atoms with Crippen molar-refractivity contribution in [2.24, 2.45) is 5.92 Å². The van der Waals surface area contributed by atoms with Crippen LogP contribution in [-0.4, -0.2) is 35.5 Å². The second-order valence-electron chi connectivity index (χ2n) is 8.94. The summed E-state index contributed by atoms with van der Waals surface area (Å²) in [7, 11) is 0. The van der Waals surface area contributed by atoms with E-state index in [1.807, 2.05) is 30.3 Å². The van der Waals surface area contributed by atoms with E-state index in [4.69, 9.17) is 4.74 Å². The molecule has 0 aliphatic rings. The molecule has 0 aliphatic heterocycles. The minimum absolute atomic E-state index is 0.362. The highest BCUT2D eigenvalue weighted by Gasteiger charge is 2.19. The van der Waals surface area contributed by atoms with Gasteiger partial charge in [-0.2, -0.15) is 0 Å². The topological polar surface area (TPSA) is 38.8 Å². The van der Waals surface area contributed by atoms with Gasteiger partial charge >= 0.3 is 0 Å². The predicted molar refractivity (Wildman–Crippen MR) is 126 cm³/mol. The molecule has 2 aromatic carbocycles. The zero-order valence-corrected chi connectivity index (χ0v) is 19.1. The molecule has 3 rings (SSSR count). The Kier molecular flexibility index (Phi) is 8.89. The number of nitrogens with zero attached hydrogens (tertiary/aromatic N) is 1. The highest BCUT2D eigenvalue weighted by atomic mass is 16.5. The van der Waals surface area contributed by atoms with Crippen LogP contribution in [0.4, 0.5) is 0 Å². The van der Waals surface area contributed by atoms with Gasteiger partial charge in [0.15, 0.2) is 0 Å². The molecule has 0 fully saturated rings. The van der Waals surface area contributed by atoms with Crippen LogP contribution in [0.25, 0.3) is 0 Å². The molecule has 0 aliphatic carbocycles. The van der Waals surface area contributed by atoms with Gasteiger partial charge in [-0.15, -0.1) is 0 Å². The Balaban J connectivity index is 1.57. The van der Waals surface area contributed by atoms with Crippen LogP contribution in [0.5, 0.6) is 0 Å². The van der Waals surface area contributed by atoms with Gasteiger partial charge in [-0.1, -0.05) is 68.4 Å². The van der Waals surface area contributed by atoms with Crippen LogP contribution in [0, 0.1) is 12.8 Å². The highest BCUT2D eigenvalue weighted by molar-refractivity contribution is 5.26. The van der Waals surface area contributed by atoms with Crippen LogP contribution >= 0.6 is 0 Å². The molecule has 4 heteroatoms. The van der Waals surface area contributed by atoms with Crippen molar-refractivity contribution in [3.05, 3.63) is 95.3 Å². The summed E-state index contributed by atoms with van der Waals surface area (Å²) in [5, 5.41) is 10.6. The van der Waals surface area contributed by atoms with Gasteiger partial charge < -0.3 is 19.3 Å². The van der Waals surface area contributed by atoms with Gasteiger partial charge in [-0.05, 0) is 35.7 Å². The van der Waals surface area contributed by atoms with Crippen LogP contribution in [0.2, 0.25) is 0 Å². The Labute approximate surface area is 187 Å². The fourth-order valence-electron chi connectivity index (χ4n) is 4.08. The van der Waals surface area contributed by atoms with Gasteiger partial charge in [0.1, 0.15) is 19.2 Å². The number of benzene rings is 2. The number of hydrogen-bond donors (Lipinski definition) is 2. The number of rotatable bonds is 12. The molecule has 1 heterocycles. The van der Waals surface area contributed by atoms with Crippen LogP contribution in [-0.2, 0) is 24.4 Å². The molecular weight excluding hydrogens is 384 g/mol. The summed E-state index contributed by atoms with van der Waals surface area (Å²) in [5.41, 5.74) is 5.10. The van der Waals surface area contributed by atoms with Crippen molar-refractivity contribution >= 4 is 0 Å². The molecule has 0 spiro atoms. The minimum atomic E-state index is -0.475. The molecule has 0 bridgehead atoms. The van der Waals surface area contributed by atoms with E-state index in [0.717, 1.165) is 25.2 Å². The predicted octanol–water partition coefficient (Wildman–Crippen LogP) is 3.46. The lowest BCUT2D eigenvalue weighted by Crippen LogP contribution is -3.12. The number of ether oxygens (including phenoxy) is 1. The Morgan fingerprint density at radius 1 is 0.935 bits per heavy atom. The maximum absolute atomic E-state index is 10.6. The van der Waals surface area contributed by atoms with Gasteiger partial charge in [0, 0.05) is 18.7 Å². The maximum atomic E-state index is 10.6. The third kappa shape index (κ3) is 7.66. The summed E-state index contributed by atoms with van der Waals surface area (Å²) in [6, 6.07) is 23.0. The van der Waals surface area contributed by atoms with E-state index in [-0.39, 0.29) is 0 Å². The van der Waals surface area contributed by atoms with Crippen molar-refractivity contribution in [2.45, 2.75) is 46.6 Å². The van der Waals surface area contributed by atoms with E-state index in [2.05, 4.69) is 67.9 Å². The number of aryl methyl sites for hydroxylation is 1. The molecule has 0 saturated carbocycles. The first-order valence-corrected chi connectivity index (χ1v) is 11.3. The summed E-state index contributed by atoms with van der Waals surface area (Å²) in [4.78, 5) is 1.38. The van der Waals surface area contributed by atoms with Crippen LogP contribution in [0.1, 0.15) is 36.2 Å². The summed E-state index contributed by atoms with van der Waals surface area (Å²) in [6.45, 7) is 11.0. The molecule has 1 unspecified atom stereocenters. The van der Waals surface area contributed by atoms with Crippen molar-refractivity contribution < 1.29 is 14.7 Å². The van der Waals surface area contributed by atoms with Crippen molar-refractivity contribution in [2.75, 3.05) is 19.7 Å². The largest absolute Gasteiger partial charge is 0.385 e. The second-order valence-corrected chi connectivity index (χ2v) is 8.94. The zero-order chi connectivity index (χ0) is 22.1. The molecule has 3 aromatic rings. The van der Waals surface area contributed by atoms with E-state index < -0.39 is 6.10 Å². The van der Waals surface area contributed by atoms with Gasteiger partial charge in [0.05, 0.1) is 25.5 Å². The van der Waals surface area contributed by atoms with E-state index in [0.29, 0.717) is 25.7 Å². The summed E-state index contributed by atoms with van der Waals surface area (Å²) in [6.07, 6.45) is 1.69. The van der Waals surface area contributed by atoms with Crippen molar-refractivity contribution in [1.82, 2.24) is 4.57 Å². The minimum Gasteiger partial charge on any atom is -0.385 e. The van der Waals surface area contributed by atoms with Gasteiger partial charge in [-0.25, -0.2) is 0 Å². The van der Waals surface area contributed by atoms with Gasteiger partial charge in [0.2, 0.25) is 0 Å². The van der Waals surface area contributed by atoms with E-state index in [1.54, 1.807) is 0 Å². The maximum Gasteiger partial charge on any atom is 0.126 e. The van der Waals surface area contributed by atoms with E-state index in [9.17, 15) is 5.11 Å². The number of nitrogens with one attached hydrogen (secondary N) is 1. The molecule has 0 amide bonds. The fourth-order valence-corrected chi connectivity index (χ4v) is 4.08. The van der Waals surface area contributed by atoms with E-state index >= 15 is 0 Å². The fraction of sp³-hybridized carbons (Fsp3) is 0.407. The average molecular weight is 422 g/mol. The Bertz CT molecular complexity index is 904. The molecule has 2 N–H and O–H groups in total. The van der Waals surface area contributed by atoms with Crippen molar-refractivity contribution in [3.63, 3.8) is 0 Å². The van der Waals surface area contributed by atoms with Crippen LogP contribution < -0.4 is 4.90 Å². The number of aliphatic hydroxyl groups excluding tert-OH is 1. The first-order chi connectivity index (χ1) is 15.0.